The van der Waals surface area contributed by atoms with Crippen LogP contribution in [0.2, 0.25) is 0 Å². The van der Waals surface area contributed by atoms with Gasteiger partial charge in [-0.25, -0.2) is 4.79 Å². The first-order chi connectivity index (χ1) is 12.5. The van der Waals surface area contributed by atoms with E-state index in [1.54, 1.807) is 37.3 Å². The molecule has 0 saturated carbocycles. The minimum Gasteiger partial charge on any atom is -0.486 e. The fourth-order valence-electron chi connectivity index (χ4n) is 2.25. The van der Waals surface area contributed by atoms with Crippen LogP contribution in [0.3, 0.4) is 0 Å². The Balaban J connectivity index is 1.54. The molecule has 1 amide bonds. The largest absolute Gasteiger partial charge is 0.486 e. The van der Waals surface area contributed by atoms with Gasteiger partial charge in [0.1, 0.15) is 19.0 Å². The molecule has 26 heavy (non-hydrogen) atoms. The standard InChI is InChI=1S/C18H18N2O6/c1-11-9-16(20-26-11)19-18(22)12(2)25-17(21)6-4-13-3-5-14-15(10-13)24-8-7-23-14/h3-6,9-10,12H,7-8H2,1-2H3,(H,19,20,22)/b6-4+/t12-/m0/s1. The first-order valence-corrected chi connectivity index (χ1v) is 8.04. The lowest BCUT2D eigenvalue weighted by Crippen LogP contribution is -2.29. The molecule has 0 saturated heterocycles. The zero-order valence-corrected chi connectivity index (χ0v) is 14.4. The Morgan fingerprint density at radius 3 is 2.73 bits per heavy atom. The van der Waals surface area contributed by atoms with Crippen LogP contribution in [-0.2, 0) is 14.3 Å². The van der Waals surface area contributed by atoms with Gasteiger partial charge in [-0.3, -0.25) is 4.79 Å². The number of esters is 1. The number of fused-ring (bicyclic) bond motifs is 1. The van der Waals surface area contributed by atoms with Crippen LogP contribution in [0.5, 0.6) is 11.5 Å². The van der Waals surface area contributed by atoms with E-state index in [1.807, 2.05) is 0 Å². The van der Waals surface area contributed by atoms with Crippen molar-refractivity contribution >= 4 is 23.8 Å². The minimum atomic E-state index is -0.982. The maximum atomic E-state index is 12.0. The van der Waals surface area contributed by atoms with Crippen LogP contribution in [-0.4, -0.2) is 36.4 Å². The smallest absolute Gasteiger partial charge is 0.331 e. The Bertz CT molecular complexity index is 842. The fraction of sp³-hybridized carbons (Fsp3) is 0.278. The predicted octanol–water partition coefficient (Wildman–Crippen LogP) is 2.34. The van der Waals surface area contributed by atoms with Crippen LogP contribution in [0.15, 0.2) is 34.9 Å². The van der Waals surface area contributed by atoms with Crippen LogP contribution in [0, 0.1) is 6.92 Å². The number of amides is 1. The summed E-state index contributed by atoms with van der Waals surface area (Å²) < 4.78 is 20.8. The monoisotopic (exact) mass is 358 g/mol. The molecular formula is C18H18N2O6. The number of aryl methyl sites for hydroxylation is 1. The van der Waals surface area contributed by atoms with Gasteiger partial charge in [0.2, 0.25) is 0 Å². The van der Waals surface area contributed by atoms with Gasteiger partial charge in [0.15, 0.2) is 23.4 Å². The fourth-order valence-corrected chi connectivity index (χ4v) is 2.25. The summed E-state index contributed by atoms with van der Waals surface area (Å²) >= 11 is 0. The normalized spacial score (nSPS) is 14.1. The molecule has 0 unspecified atom stereocenters. The summed E-state index contributed by atoms with van der Waals surface area (Å²) in [7, 11) is 0. The third-order valence-electron chi connectivity index (χ3n) is 3.52. The third kappa shape index (κ3) is 4.41. The summed E-state index contributed by atoms with van der Waals surface area (Å²) in [6.45, 7) is 4.18. The zero-order valence-electron chi connectivity index (χ0n) is 14.4. The number of carbonyl (C=O) groups excluding carboxylic acids is 2. The average molecular weight is 358 g/mol. The van der Waals surface area contributed by atoms with Gasteiger partial charge in [-0.2, -0.15) is 0 Å². The summed E-state index contributed by atoms with van der Waals surface area (Å²) in [6, 6.07) is 6.89. The molecule has 2 heterocycles. The van der Waals surface area contributed by atoms with E-state index in [0.717, 1.165) is 5.56 Å². The van der Waals surface area contributed by atoms with E-state index in [1.165, 1.54) is 13.0 Å². The van der Waals surface area contributed by atoms with Crippen molar-refractivity contribution in [1.82, 2.24) is 5.16 Å². The number of hydrogen-bond acceptors (Lipinski definition) is 7. The second-order valence-corrected chi connectivity index (χ2v) is 5.63. The molecule has 0 aliphatic carbocycles. The SMILES string of the molecule is Cc1cc(NC(=O)[C@H](C)OC(=O)/C=C/c2ccc3c(c2)OCCO3)no1. The van der Waals surface area contributed by atoms with E-state index >= 15 is 0 Å². The number of ether oxygens (including phenoxy) is 3. The number of carbonyl (C=O) groups is 2. The molecule has 0 radical (unpaired) electrons. The second kappa shape index (κ2) is 7.73. The molecule has 1 aliphatic heterocycles. The lowest BCUT2D eigenvalue weighted by Gasteiger charge is -2.18. The topological polar surface area (TPSA) is 99.9 Å². The zero-order chi connectivity index (χ0) is 18.5. The summed E-state index contributed by atoms with van der Waals surface area (Å²) in [6.07, 6.45) is 1.84. The number of nitrogens with one attached hydrogen (secondary N) is 1. The third-order valence-corrected chi connectivity index (χ3v) is 3.52. The molecule has 1 N–H and O–H groups in total. The van der Waals surface area contributed by atoms with E-state index in [4.69, 9.17) is 18.7 Å². The van der Waals surface area contributed by atoms with E-state index in [-0.39, 0.29) is 5.82 Å². The number of benzene rings is 1. The number of nitrogens with zero attached hydrogens (tertiary/aromatic N) is 1. The summed E-state index contributed by atoms with van der Waals surface area (Å²) in [5.74, 6) is 0.986. The highest BCUT2D eigenvalue weighted by molar-refractivity contribution is 5.96. The maximum absolute atomic E-state index is 12.0. The Kier molecular flexibility index (Phi) is 5.21. The molecule has 0 spiro atoms. The summed E-state index contributed by atoms with van der Waals surface area (Å²) in [5.41, 5.74) is 0.751. The minimum absolute atomic E-state index is 0.266. The molecule has 3 rings (SSSR count). The van der Waals surface area contributed by atoms with E-state index in [0.29, 0.717) is 30.5 Å². The van der Waals surface area contributed by atoms with Crippen molar-refractivity contribution in [3.63, 3.8) is 0 Å². The van der Waals surface area contributed by atoms with Gasteiger partial charge in [-0.05, 0) is 37.6 Å². The van der Waals surface area contributed by atoms with Crippen molar-refractivity contribution in [3.8, 4) is 11.5 Å². The Morgan fingerprint density at radius 2 is 2.00 bits per heavy atom. The van der Waals surface area contributed by atoms with E-state index in [2.05, 4.69) is 10.5 Å². The Hall–Kier alpha value is -3.29. The molecule has 1 atom stereocenters. The van der Waals surface area contributed by atoms with Crippen LogP contribution in [0.1, 0.15) is 18.2 Å². The van der Waals surface area contributed by atoms with Crippen LogP contribution < -0.4 is 14.8 Å². The number of aromatic nitrogens is 1. The van der Waals surface area contributed by atoms with Crippen LogP contribution in [0.4, 0.5) is 5.82 Å². The van der Waals surface area contributed by atoms with Gasteiger partial charge in [0, 0.05) is 12.1 Å². The highest BCUT2D eigenvalue weighted by Crippen LogP contribution is 2.31. The molecule has 0 fully saturated rings. The molecule has 1 aromatic heterocycles. The molecule has 1 aromatic carbocycles. The van der Waals surface area contributed by atoms with Gasteiger partial charge in [0.25, 0.3) is 5.91 Å². The van der Waals surface area contributed by atoms with Crippen molar-refractivity contribution in [3.05, 3.63) is 41.7 Å². The Morgan fingerprint density at radius 1 is 1.23 bits per heavy atom. The molecule has 136 valence electrons. The van der Waals surface area contributed by atoms with Gasteiger partial charge in [0.05, 0.1) is 0 Å². The van der Waals surface area contributed by atoms with Gasteiger partial charge in [-0.1, -0.05) is 11.2 Å². The summed E-state index contributed by atoms with van der Waals surface area (Å²) in [4.78, 5) is 23.9. The van der Waals surface area contributed by atoms with Crippen molar-refractivity contribution < 1.29 is 28.3 Å². The molecule has 0 bridgehead atoms. The van der Waals surface area contributed by atoms with E-state index < -0.39 is 18.0 Å². The van der Waals surface area contributed by atoms with Crippen LogP contribution >= 0.6 is 0 Å². The number of anilines is 1. The second-order valence-electron chi connectivity index (χ2n) is 5.63. The molecule has 8 nitrogen and oxygen atoms in total. The van der Waals surface area contributed by atoms with Crippen molar-refractivity contribution in [2.75, 3.05) is 18.5 Å². The first-order valence-electron chi connectivity index (χ1n) is 8.04. The van der Waals surface area contributed by atoms with Gasteiger partial charge < -0.3 is 24.1 Å². The van der Waals surface area contributed by atoms with Crippen LogP contribution in [0.25, 0.3) is 6.08 Å². The first kappa shape index (κ1) is 17.5. The highest BCUT2D eigenvalue weighted by atomic mass is 16.6. The highest BCUT2D eigenvalue weighted by Gasteiger charge is 2.18. The lowest BCUT2D eigenvalue weighted by atomic mass is 10.2. The molecule has 2 aromatic rings. The number of hydrogen-bond donors (Lipinski definition) is 1. The van der Waals surface area contributed by atoms with Gasteiger partial charge >= 0.3 is 5.97 Å². The lowest BCUT2D eigenvalue weighted by molar-refractivity contribution is -0.148. The quantitative estimate of drug-likeness (QED) is 0.647. The predicted molar refractivity (Wildman–Crippen MR) is 91.9 cm³/mol. The van der Waals surface area contributed by atoms with Crippen molar-refractivity contribution in [2.45, 2.75) is 20.0 Å². The molecule has 8 heteroatoms. The summed E-state index contributed by atoms with van der Waals surface area (Å²) in [5, 5.41) is 6.15. The Labute approximate surface area is 149 Å². The van der Waals surface area contributed by atoms with Crippen molar-refractivity contribution in [1.29, 1.82) is 0 Å². The number of rotatable bonds is 5. The average Bonchev–Trinajstić information content (AvgIpc) is 3.04. The van der Waals surface area contributed by atoms with Crippen molar-refractivity contribution in [2.24, 2.45) is 0 Å². The molecular weight excluding hydrogens is 340 g/mol. The van der Waals surface area contributed by atoms with Gasteiger partial charge in [-0.15, -0.1) is 0 Å². The maximum Gasteiger partial charge on any atom is 0.331 e. The van der Waals surface area contributed by atoms with E-state index in [9.17, 15) is 9.59 Å². The molecule has 1 aliphatic rings.